The Kier molecular flexibility index (Phi) is 4.19. The van der Waals surface area contributed by atoms with E-state index in [1.165, 1.54) is 12.1 Å². The van der Waals surface area contributed by atoms with Crippen LogP contribution < -0.4 is 5.32 Å². The molecule has 128 valence electrons. The number of aromatic amines is 1. The molecule has 5 heteroatoms. The summed E-state index contributed by atoms with van der Waals surface area (Å²) in [5, 5.41) is 4.04. The van der Waals surface area contributed by atoms with Crippen molar-refractivity contribution in [3.8, 4) is 0 Å². The fourth-order valence-electron chi connectivity index (χ4n) is 2.89. The fourth-order valence-corrected chi connectivity index (χ4v) is 2.89. The second-order valence-corrected chi connectivity index (χ2v) is 5.99. The van der Waals surface area contributed by atoms with Crippen LogP contribution >= 0.6 is 0 Å². The molecule has 26 heavy (non-hydrogen) atoms. The zero-order valence-electron chi connectivity index (χ0n) is 13.9. The van der Waals surface area contributed by atoms with Gasteiger partial charge in [-0.15, -0.1) is 0 Å². The summed E-state index contributed by atoms with van der Waals surface area (Å²) in [7, 11) is 0. The smallest absolute Gasteiger partial charge is 0.195 e. The third-order valence-corrected chi connectivity index (χ3v) is 4.23. The first-order chi connectivity index (χ1) is 12.7. The average molecular weight is 345 g/mol. The SMILES string of the molecule is O=C(c1ccc(NCc2cccc(F)c2)cc1)c1c[nH]c2ncccc12. The molecule has 0 saturated heterocycles. The van der Waals surface area contributed by atoms with Gasteiger partial charge in [-0.2, -0.15) is 0 Å². The molecular weight excluding hydrogens is 329 g/mol. The molecule has 0 spiro atoms. The summed E-state index contributed by atoms with van der Waals surface area (Å²) in [6.07, 6.45) is 3.38. The number of anilines is 1. The molecule has 0 bridgehead atoms. The normalized spacial score (nSPS) is 10.8. The van der Waals surface area contributed by atoms with Crippen LogP contribution in [0.4, 0.5) is 10.1 Å². The lowest BCUT2D eigenvalue weighted by Gasteiger charge is -2.07. The third-order valence-electron chi connectivity index (χ3n) is 4.23. The number of rotatable bonds is 5. The molecule has 2 heterocycles. The van der Waals surface area contributed by atoms with Crippen LogP contribution in [0.15, 0.2) is 73.1 Å². The number of aromatic nitrogens is 2. The number of hydrogen-bond donors (Lipinski definition) is 2. The van der Waals surface area contributed by atoms with E-state index in [-0.39, 0.29) is 11.6 Å². The number of carbonyl (C=O) groups is 1. The molecule has 0 saturated carbocycles. The average Bonchev–Trinajstić information content (AvgIpc) is 3.10. The van der Waals surface area contributed by atoms with Gasteiger partial charge < -0.3 is 10.3 Å². The minimum atomic E-state index is -0.251. The van der Waals surface area contributed by atoms with Gasteiger partial charge in [-0.1, -0.05) is 12.1 Å². The van der Waals surface area contributed by atoms with E-state index in [4.69, 9.17) is 0 Å². The molecule has 2 N–H and O–H groups in total. The van der Waals surface area contributed by atoms with E-state index in [1.54, 1.807) is 30.6 Å². The highest BCUT2D eigenvalue weighted by molar-refractivity contribution is 6.15. The highest BCUT2D eigenvalue weighted by Crippen LogP contribution is 2.20. The van der Waals surface area contributed by atoms with E-state index in [9.17, 15) is 9.18 Å². The molecule has 2 aromatic heterocycles. The number of hydrogen-bond acceptors (Lipinski definition) is 3. The van der Waals surface area contributed by atoms with Crippen LogP contribution in [0, 0.1) is 5.82 Å². The van der Waals surface area contributed by atoms with Crippen molar-refractivity contribution in [1.82, 2.24) is 9.97 Å². The van der Waals surface area contributed by atoms with Gasteiger partial charge in [0.2, 0.25) is 0 Å². The summed E-state index contributed by atoms with van der Waals surface area (Å²) in [5.41, 5.74) is 3.63. The molecule has 0 aliphatic rings. The largest absolute Gasteiger partial charge is 0.381 e. The van der Waals surface area contributed by atoms with Crippen LogP contribution in [0.2, 0.25) is 0 Å². The Morgan fingerprint density at radius 3 is 2.73 bits per heavy atom. The number of H-pyrrole nitrogens is 1. The summed E-state index contributed by atoms with van der Waals surface area (Å²) in [6.45, 7) is 0.513. The number of pyridine rings is 1. The molecular formula is C21H16FN3O. The Morgan fingerprint density at radius 1 is 1.08 bits per heavy atom. The van der Waals surface area contributed by atoms with Gasteiger partial charge in [0.15, 0.2) is 5.78 Å². The first-order valence-corrected chi connectivity index (χ1v) is 8.26. The van der Waals surface area contributed by atoms with Gasteiger partial charge in [-0.3, -0.25) is 4.79 Å². The number of ketones is 1. The van der Waals surface area contributed by atoms with Gasteiger partial charge in [0.25, 0.3) is 0 Å². The Balaban J connectivity index is 1.49. The molecule has 0 fully saturated rings. The molecule has 2 aromatic carbocycles. The lowest BCUT2D eigenvalue weighted by molar-refractivity contribution is 0.104. The highest BCUT2D eigenvalue weighted by atomic mass is 19.1. The van der Waals surface area contributed by atoms with Gasteiger partial charge in [0.05, 0.1) is 0 Å². The Morgan fingerprint density at radius 2 is 1.92 bits per heavy atom. The summed E-state index contributed by atoms with van der Waals surface area (Å²) < 4.78 is 13.2. The van der Waals surface area contributed by atoms with Crippen LogP contribution in [-0.4, -0.2) is 15.8 Å². The molecule has 0 aliphatic heterocycles. The molecule has 4 nitrogen and oxygen atoms in total. The summed E-state index contributed by atoms with van der Waals surface area (Å²) in [5.74, 6) is -0.306. The predicted molar refractivity (Wildman–Crippen MR) is 99.7 cm³/mol. The topological polar surface area (TPSA) is 57.8 Å². The summed E-state index contributed by atoms with van der Waals surface area (Å²) >= 11 is 0. The second kappa shape index (κ2) is 6.80. The Labute approximate surface area is 149 Å². The maximum atomic E-state index is 13.2. The van der Waals surface area contributed by atoms with Gasteiger partial charge in [-0.25, -0.2) is 9.37 Å². The van der Waals surface area contributed by atoms with Gasteiger partial charge in [0.1, 0.15) is 11.5 Å². The molecule has 0 aliphatic carbocycles. The third kappa shape index (κ3) is 3.19. The maximum absolute atomic E-state index is 13.2. The molecule has 4 rings (SSSR count). The van der Waals surface area contributed by atoms with Crippen molar-refractivity contribution in [3.63, 3.8) is 0 Å². The zero-order valence-corrected chi connectivity index (χ0v) is 13.9. The molecule has 0 unspecified atom stereocenters. The van der Waals surface area contributed by atoms with Crippen LogP contribution in [0.5, 0.6) is 0 Å². The lowest BCUT2D eigenvalue weighted by atomic mass is 10.0. The van der Waals surface area contributed by atoms with Crippen molar-refractivity contribution in [2.24, 2.45) is 0 Å². The van der Waals surface area contributed by atoms with E-state index in [2.05, 4.69) is 15.3 Å². The number of nitrogens with one attached hydrogen (secondary N) is 2. The van der Waals surface area contributed by atoms with Gasteiger partial charge in [0, 0.05) is 41.1 Å². The summed E-state index contributed by atoms with van der Waals surface area (Å²) in [4.78, 5) is 20.0. The molecule has 0 radical (unpaired) electrons. The number of carbonyl (C=O) groups excluding carboxylic acids is 1. The Bertz CT molecular complexity index is 1070. The van der Waals surface area contributed by atoms with Crippen molar-refractivity contribution in [1.29, 1.82) is 0 Å². The number of benzene rings is 2. The lowest BCUT2D eigenvalue weighted by Crippen LogP contribution is -2.02. The second-order valence-electron chi connectivity index (χ2n) is 5.99. The monoisotopic (exact) mass is 345 g/mol. The van der Waals surface area contributed by atoms with E-state index in [0.29, 0.717) is 23.3 Å². The van der Waals surface area contributed by atoms with E-state index >= 15 is 0 Å². The maximum Gasteiger partial charge on any atom is 0.195 e. The number of fused-ring (bicyclic) bond motifs is 1. The van der Waals surface area contributed by atoms with Crippen LogP contribution in [-0.2, 0) is 6.54 Å². The predicted octanol–water partition coefficient (Wildman–Crippen LogP) is 4.55. The standard InChI is InChI=1S/C21H16FN3O/c22-16-4-1-3-14(11-16)12-24-17-8-6-15(7-9-17)20(26)19-13-25-21-18(19)5-2-10-23-21/h1-11,13,24H,12H2,(H,23,25). The van der Waals surface area contributed by atoms with E-state index in [0.717, 1.165) is 16.6 Å². The van der Waals surface area contributed by atoms with Crippen molar-refractivity contribution in [2.45, 2.75) is 6.54 Å². The zero-order chi connectivity index (χ0) is 17.9. The van der Waals surface area contributed by atoms with Crippen molar-refractivity contribution < 1.29 is 9.18 Å². The number of nitrogens with zero attached hydrogens (tertiary/aromatic N) is 1. The Hall–Kier alpha value is -3.47. The van der Waals surface area contributed by atoms with Crippen molar-refractivity contribution in [2.75, 3.05) is 5.32 Å². The van der Waals surface area contributed by atoms with Crippen LogP contribution in [0.25, 0.3) is 11.0 Å². The quantitative estimate of drug-likeness (QED) is 0.522. The van der Waals surface area contributed by atoms with E-state index < -0.39 is 0 Å². The van der Waals surface area contributed by atoms with Gasteiger partial charge in [-0.05, 0) is 54.1 Å². The summed E-state index contributed by atoms with van der Waals surface area (Å²) in [6, 6.07) is 17.4. The van der Waals surface area contributed by atoms with Crippen molar-refractivity contribution >= 4 is 22.5 Å². The van der Waals surface area contributed by atoms with Gasteiger partial charge >= 0.3 is 0 Å². The number of halogens is 1. The van der Waals surface area contributed by atoms with Crippen LogP contribution in [0.1, 0.15) is 21.5 Å². The molecule has 0 amide bonds. The molecule has 4 aromatic rings. The van der Waals surface area contributed by atoms with Crippen LogP contribution in [0.3, 0.4) is 0 Å². The van der Waals surface area contributed by atoms with Crippen molar-refractivity contribution in [3.05, 3.63) is 95.6 Å². The van der Waals surface area contributed by atoms with E-state index in [1.807, 2.05) is 30.3 Å². The fraction of sp³-hybridized carbons (Fsp3) is 0.0476. The first-order valence-electron chi connectivity index (χ1n) is 8.26. The minimum absolute atomic E-state index is 0.0547. The highest BCUT2D eigenvalue weighted by Gasteiger charge is 2.14. The first kappa shape index (κ1) is 16.0. The molecule has 0 atom stereocenters. The minimum Gasteiger partial charge on any atom is -0.381 e.